The lowest BCUT2D eigenvalue weighted by atomic mass is 10.0. The van der Waals surface area contributed by atoms with E-state index in [2.05, 4.69) is 0 Å². The maximum atomic E-state index is 12.9. The zero-order chi connectivity index (χ0) is 16.9. The van der Waals surface area contributed by atoms with Crippen molar-refractivity contribution in [2.45, 2.75) is 51.2 Å². The molecule has 2 rings (SSSR count). The molecule has 1 aliphatic carbocycles. The van der Waals surface area contributed by atoms with Crippen molar-refractivity contribution in [1.29, 1.82) is 0 Å². The first-order valence-corrected chi connectivity index (χ1v) is 9.75. The van der Waals surface area contributed by atoms with E-state index in [0.717, 1.165) is 24.8 Å². The Balaban J connectivity index is 2.23. The summed E-state index contributed by atoms with van der Waals surface area (Å²) >= 11 is 0. The van der Waals surface area contributed by atoms with Gasteiger partial charge in [0.05, 0.1) is 5.60 Å². The van der Waals surface area contributed by atoms with Gasteiger partial charge in [-0.1, -0.05) is 50.1 Å². The molecule has 0 aliphatic heterocycles. The Labute approximate surface area is 140 Å². The van der Waals surface area contributed by atoms with Gasteiger partial charge in [-0.3, -0.25) is 0 Å². The molecule has 0 heterocycles. The van der Waals surface area contributed by atoms with Crippen molar-refractivity contribution in [3.63, 3.8) is 0 Å². The first kappa shape index (κ1) is 18.4. The van der Waals surface area contributed by atoms with Gasteiger partial charge in [0.15, 0.2) is 0 Å². The average Bonchev–Trinajstić information content (AvgIpc) is 2.94. The minimum absolute atomic E-state index is 0.165. The van der Waals surface area contributed by atoms with Crippen molar-refractivity contribution in [1.82, 2.24) is 8.61 Å². The maximum Gasteiger partial charge on any atom is 0.282 e. The molecule has 1 aliphatic rings. The van der Waals surface area contributed by atoms with E-state index in [0.29, 0.717) is 25.9 Å². The average molecular weight is 340 g/mol. The fourth-order valence-electron chi connectivity index (χ4n) is 3.15. The van der Waals surface area contributed by atoms with E-state index in [1.807, 2.05) is 37.3 Å². The molecule has 0 aromatic heterocycles. The molecule has 1 saturated carbocycles. The van der Waals surface area contributed by atoms with E-state index < -0.39 is 15.8 Å². The van der Waals surface area contributed by atoms with Crippen LogP contribution >= 0.6 is 0 Å². The zero-order valence-corrected chi connectivity index (χ0v) is 14.9. The maximum absolute atomic E-state index is 12.9. The van der Waals surface area contributed by atoms with Crippen LogP contribution in [0, 0.1) is 0 Å². The minimum atomic E-state index is -3.58. The highest BCUT2D eigenvalue weighted by Crippen LogP contribution is 2.31. The Bertz CT molecular complexity index is 583. The number of hydrogen-bond acceptors (Lipinski definition) is 3. The molecule has 6 heteroatoms. The highest BCUT2D eigenvalue weighted by Gasteiger charge is 2.38. The third-order valence-corrected chi connectivity index (χ3v) is 6.35. The minimum Gasteiger partial charge on any atom is -0.389 e. The summed E-state index contributed by atoms with van der Waals surface area (Å²) in [7, 11) is -1.97. The lowest BCUT2D eigenvalue weighted by Crippen LogP contribution is -2.48. The van der Waals surface area contributed by atoms with Crippen LogP contribution in [0.5, 0.6) is 0 Å². The van der Waals surface area contributed by atoms with Crippen molar-refractivity contribution in [3.05, 3.63) is 35.9 Å². The van der Waals surface area contributed by atoms with Crippen LogP contribution in [-0.4, -0.2) is 47.9 Å². The van der Waals surface area contributed by atoms with E-state index in [1.54, 1.807) is 7.05 Å². The molecule has 5 nitrogen and oxygen atoms in total. The van der Waals surface area contributed by atoms with E-state index in [1.165, 1.54) is 8.61 Å². The molecule has 0 atom stereocenters. The van der Waals surface area contributed by atoms with Crippen molar-refractivity contribution < 1.29 is 13.5 Å². The summed E-state index contributed by atoms with van der Waals surface area (Å²) in [5.41, 5.74) is 0.0390. The molecule has 130 valence electrons. The molecule has 0 bridgehead atoms. The highest BCUT2D eigenvalue weighted by molar-refractivity contribution is 7.86. The van der Waals surface area contributed by atoms with Gasteiger partial charge < -0.3 is 5.11 Å². The fourth-order valence-corrected chi connectivity index (χ4v) is 4.68. The van der Waals surface area contributed by atoms with E-state index in [9.17, 15) is 13.5 Å². The Hall–Kier alpha value is -0.950. The summed E-state index contributed by atoms with van der Waals surface area (Å²) in [6, 6.07) is 9.55. The molecule has 0 amide bonds. The molecule has 1 fully saturated rings. The van der Waals surface area contributed by atoms with Crippen LogP contribution < -0.4 is 0 Å². The molecule has 1 aromatic rings. The topological polar surface area (TPSA) is 60.9 Å². The van der Waals surface area contributed by atoms with Crippen molar-refractivity contribution >= 4 is 10.2 Å². The lowest BCUT2D eigenvalue weighted by Gasteiger charge is -2.33. The SMILES string of the molecule is CCCN(C)S(=O)(=O)N(Cc1ccccc1)CC1(O)CCCC1. The van der Waals surface area contributed by atoms with Crippen LogP contribution in [0.3, 0.4) is 0 Å². The number of rotatable bonds is 8. The first-order valence-electron chi connectivity index (χ1n) is 8.35. The Morgan fingerprint density at radius 1 is 1.17 bits per heavy atom. The second kappa shape index (κ2) is 7.75. The zero-order valence-electron chi connectivity index (χ0n) is 14.1. The number of benzene rings is 1. The van der Waals surface area contributed by atoms with Crippen molar-refractivity contribution in [3.8, 4) is 0 Å². The second-order valence-corrected chi connectivity index (χ2v) is 8.55. The van der Waals surface area contributed by atoms with Gasteiger partial charge in [0, 0.05) is 26.7 Å². The quantitative estimate of drug-likeness (QED) is 0.790. The van der Waals surface area contributed by atoms with Gasteiger partial charge in [-0.05, 0) is 24.8 Å². The Kier molecular flexibility index (Phi) is 6.19. The molecular weight excluding hydrogens is 312 g/mol. The van der Waals surface area contributed by atoms with Gasteiger partial charge in [-0.15, -0.1) is 0 Å². The van der Waals surface area contributed by atoms with Crippen LogP contribution in [0.25, 0.3) is 0 Å². The molecule has 0 spiro atoms. The summed E-state index contributed by atoms with van der Waals surface area (Å²) in [5, 5.41) is 10.7. The van der Waals surface area contributed by atoms with Crippen LogP contribution in [0.4, 0.5) is 0 Å². The number of aliphatic hydroxyl groups is 1. The summed E-state index contributed by atoms with van der Waals surface area (Å²) < 4.78 is 28.6. The molecule has 23 heavy (non-hydrogen) atoms. The monoisotopic (exact) mass is 340 g/mol. The van der Waals surface area contributed by atoms with E-state index in [4.69, 9.17) is 0 Å². The standard InChI is InChI=1S/C17H28N2O3S/c1-3-13-18(2)23(21,22)19(14-16-9-5-4-6-10-16)15-17(20)11-7-8-12-17/h4-6,9-10,20H,3,7-8,11-15H2,1-2H3. The van der Waals surface area contributed by atoms with Crippen LogP contribution in [0.15, 0.2) is 30.3 Å². The molecular formula is C17H28N2O3S. The first-order chi connectivity index (χ1) is 10.9. The highest BCUT2D eigenvalue weighted by atomic mass is 32.2. The number of nitrogens with zero attached hydrogens (tertiary/aromatic N) is 2. The van der Waals surface area contributed by atoms with E-state index in [-0.39, 0.29) is 6.54 Å². The predicted octanol–water partition coefficient (Wildman–Crippen LogP) is 2.38. The Morgan fingerprint density at radius 3 is 2.35 bits per heavy atom. The predicted molar refractivity (Wildman–Crippen MR) is 92.1 cm³/mol. The van der Waals surface area contributed by atoms with Crippen LogP contribution in [-0.2, 0) is 16.8 Å². The van der Waals surface area contributed by atoms with Crippen molar-refractivity contribution in [2.24, 2.45) is 0 Å². The van der Waals surface area contributed by atoms with Gasteiger partial charge in [-0.2, -0.15) is 17.0 Å². The van der Waals surface area contributed by atoms with Gasteiger partial charge in [-0.25, -0.2) is 0 Å². The summed E-state index contributed by atoms with van der Waals surface area (Å²) in [5.74, 6) is 0. The molecule has 1 N–H and O–H groups in total. The van der Waals surface area contributed by atoms with Gasteiger partial charge >= 0.3 is 0 Å². The van der Waals surface area contributed by atoms with E-state index >= 15 is 0 Å². The summed E-state index contributed by atoms with van der Waals surface area (Å²) in [6.07, 6.45) is 4.02. The fraction of sp³-hybridized carbons (Fsp3) is 0.647. The van der Waals surface area contributed by atoms with Crippen molar-refractivity contribution in [2.75, 3.05) is 20.1 Å². The molecule has 0 unspecified atom stereocenters. The van der Waals surface area contributed by atoms with Crippen LogP contribution in [0.2, 0.25) is 0 Å². The summed E-state index contributed by atoms with van der Waals surface area (Å²) in [4.78, 5) is 0. The second-order valence-electron chi connectivity index (χ2n) is 6.51. The molecule has 0 saturated heterocycles. The normalized spacial score (nSPS) is 18.0. The largest absolute Gasteiger partial charge is 0.389 e. The summed E-state index contributed by atoms with van der Waals surface area (Å²) in [6.45, 7) is 2.89. The molecule has 1 aromatic carbocycles. The number of hydrogen-bond donors (Lipinski definition) is 1. The molecule has 0 radical (unpaired) electrons. The Morgan fingerprint density at radius 2 is 1.78 bits per heavy atom. The van der Waals surface area contributed by atoms with Gasteiger partial charge in [0.2, 0.25) is 0 Å². The smallest absolute Gasteiger partial charge is 0.282 e. The van der Waals surface area contributed by atoms with Gasteiger partial charge in [0.25, 0.3) is 10.2 Å². The van der Waals surface area contributed by atoms with Crippen LogP contribution in [0.1, 0.15) is 44.6 Å². The third-order valence-electron chi connectivity index (χ3n) is 4.47. The lowest BCUT2D eigenvalue weighted by molar-refractivity contribution is 0.0267. The third kappa shape index (κ3) is 4.76. The van der Waals surface area contributed by atoms with Gasteiger partial charge in [0.1, 0.15) is 0 Å².